The van der Waals surface area contributed by atoms with Gasteiger partial charge in [-0.1, -0.05) is 0 Å². The van der Waals surface area contributed by atoms with Crippen molar-refractivity contribution in [3.63, 3.8) is 0 Å². The molecule has 1 aliphatic rings. The third kappa shape index (κ3) is 4.29. The number of alkyl halides is 3. The molecule has 0 aliphatic carbocycles. The number of rotatable bonds is 3. The van der Waals surface area contributed by atoms with Crippen LogP contribution in [0.1, 0.15) is 35.2 Å². The van der Waals surface area contributed by atoms with Crippen LogP contribution in [0.4, 0.5) is 24.7 Å². The number of carbonyl (C=O) groups is 1. The number of anilines is 2. The fourth-order valence-corrected chi connectivity index (χ4v) is 2.80. The second-order valence-electron chi connectivity index (χ2n) is 5.98. The summed E-state index contributed by atoms with van der Waals surface area (Å²) in [6, 6.07) is 7.68. The number of nitrogens with zero attached hydrogens (tertiary/aromatic N) is 2. The first kappa shape index (κ1) is 17.3. The van der Waals surface area contributed by atoms with Crippen molar-refractivity contribution in [2.75, 3.05) is 23.3 Å². The monoisotopic (exact) mass is 349 g/mol. The van der Waals surface area contributed by atoms with E-state index in [0.717, 1.165) is 55.9 Å². The number of amides is 1. The van der Waals surface area contributed by atoms with Gasteiger partial charge in [-0.2, -0.15) is 13.2 Å². The Labute approximate surface area is 143 Å². The molecule has 1 fully saturated rings. The highest BCUT2D eigenvalue weighted by Crippen LogP contribution is 2.29. The molecule has 2 heterocycles. The van der Waals surface area contributed by atoms with E-state index in [0.29, 0.717) is 5.82 Å². The summed E-state index contributed by atoms with van der Waals surface area (Å²) in [6.07, 6.45) is 0.846. The van der Waals surface area contributed by atoms with Crippen molar-refractivity contribution >= 4 is 17.4 Å². The maximum absolute atomic E-state index is 12.5. The lowest BCUT2D eigenvalue weighted by atomic mass is 10.1. The molecule has 132 valence electrons. The van der Waals surface area contributed by atoms with Crippen LogP contribution in [-0.2, 0) is 6.18 Å². The Morgan fingerprint density at radius 2 is 1.68 bits per heavy atom. The van der Waals surface area contributed by atoms with E-state index in [4.69, 9.17) is 0 Å². The van der Waals surface area contributed by atoms with Crippen LogP contribution in [0.3, 0.4) is 0 Å². The van der Waals surface area contributed by atoms with Gasteiger partial charge in [0.1, 0.15) is 5.82 Å². The number of benzene rings is 1. The summed E-state index contributed by atoms with van der Waals surface area (Å²) in [6.45, 7) is 2.00. The number of aromatic nitrogens is 1. The van der Waals surface area contributed by atoms with Crippen LogP contribution in [0.15, 0.2) is 42.6 Å². The van der Waals surface area contributed by atoms with Gasteiger partial charge in [-0.3, -0.25) is 4.79 Å². The molecule has 4 nitrogen and oxygen atoms in total. The summed E-state index contributed by atoms with van der Waals surface area (Å²) in [7, 11) is 0. The summed E-state index contributed by atoms with van der Waals surface area (Å²) in [5, 5.41) is 2.60. The fourth-order valence-electron chi connectivity index (χ4n) is 2.80. The second kappa shape index (κ2) is 7.13. The van der Waals surface area contributed by atoms with E-state index in [9.17, 15) is 18.0 Å². The van der Waals surface area contributed by atoms with Crippen LogP contribution < -0.4 is 10.2 Å². The smallest absolute Gasteiger partial charge is 0.370 e. The molecule has 3 rings (SSSR count). The molecule has 1 amide bonds. The predicted molar refractivity (Wildman–Crippen MR) is 89.7 cm³/mol. The van der Waals surface area contributed by atoms with Crippen molar-refractivity contribution in [2.24, 2.45) is 0 Å². The molecular formula is C18H18F3N3O. The lowest BCUT2D eigenvalue weighted by Crippen LogP contribution is -2.29. The van der Waals surface area contributed by atoms with E-state index in [1.54, 1.807) is 12.3 Å². The summed E-state index contributed by atoms with van der Waals surface area (Å²) < 4.78 is 37.6. The highest BCUT2D eigenvalue weighted by atomic mass is 19.4. The number of piperidine rings is 1. The number of nitrogens with one attached hydrogen (secondary N) is 1. The minimum atomic E-state index is -4.42. The lowest BCUT2D eigenvalue weighted by molar-refractivity contribution is -0.137. The van der Waals surface area contributed by atoms with Gasteiger partial charge < -0.3 is 10.2 Å². The minimum Gasteiger partial charge on any atom is -0.370 e. The van der Waals surface area contributed by atoms with Gasteiger partial charge in [0, 0.05) is 18.7 Å². The molecule has 0 spiro atoms. The normalized spacial score (nSPS) is 15.1. The van der Waals surface area contributed by atoms with Crippen molar-refractivity contribution in [3.05, 3.63) is 53.7 Å². The highest BCUT2D eigenvalue weighted by Gasteiger charge is 2.30. The molecule has 0 bridgehead atoms. The molecule has 1 N–H and O–H groups in total. The maximum Gasteiger partial charge on any atom is 0.416 e. The van der Waals surface area contributed by atoms with Gasteiger partial charge in [0.05, 0.1) is 17.4 Å². The molecule has 1 aliphatic heterocycles. The quantitative estimate of drug-likeness (QED) is 0.896. The SMILES string of the molecule is O=C(Nc1ccc(N2CCCCC2)cn1)c1ccc(C(F)(F)F)cc1. The first-order chi connectivity index (χ1) is 11.9. The van der Waals surface area contributed by atoms with Crippen molar-refractivity contribution in [3.8, 4) is 0 Å². The standard InChI is InChI=1S/C18H18F3N3O/c19-18(20,21)14-6-4-13(5-7-14)17(25)23-16-9-8-15(12-22-16)24-10-2-1-3-11-24/h4-9,12H,1-3,10-11H2,(H,22,23,25). The molecule has 1 aromatic carbocycles. The summed E-state index contributed by atoms with van der Waals surface area (Å²) in [5.41, 5.74) is 0.371. The molecular weight excluding hydrogens is 331 g/mol. The van der Waals surface area contributed by atoms with Gasteiger partial charge in [-0.05, 0) is 55.7 Å². The average Bonchev–Trinajstić information content (AvgIpc) is 2.62. The summed E-state index contributed by atoms with van der Waals surface area (Å²) in [4.78, 5) is 18.6. The Balaban J connectivity index is 1.64. The Bertz CT molecular complexity index is 721. The molecule has 0 radical (unpaired) electrons. The predicted octanol–water partition coefficient (Wildman–Crippen LogP) is 4.34. The number of hydrogen-bond acceptors (Lipinski definition) is 3. The topological polar surface area (TPSA) is 45.2 Å². The largest absolute Gasteiger partial charge is 0.416 e. The van der Waals surface area contributed by atoms with Gasteiger partial charge in [0.2, 0.25) is 0 Å². The molecule has 0 atom stereocenters. The molecule has 7 heteroatoms. The Morgan fingerprint density at radius 3 is 2.24 bits per heavy atom. The maximum atomic E-state index is 12.5. The molecule has 0 unspecified atom stereocenters. The van der Waals surface area contributed by atoms with Gasteiger partial charge >= 0.3 is 6.18 Å². The first-order valence-corrected chi connectivity index (χ1v) is 8.13. The molecule has 25 heavy (non-hydrogen) atoms. The zero-order chi connectivity index (χ0) is 17.9. The lowest BCUT2D eigenvalue weighted by Gasteiger charge is -2.28. The number of halogens is 3. The molecule has 0 saturated carbocycles. The van der Waals surface area contributed by atoms with Crippen molar-refractivity contribution < 1.29 is 18.0 Å². The second-order valence-corrected chi connectivity index (χ2v) is 5.98. The average molecular weight is 349 g/mol. The van der Waals surface area contributed by atoms with E-state index in [1.807, 2.05) is 6.07 Å². The van der Waals surface area contributed by atoms with E-state index in [-0.39, 0.29) is 5.56 Å². The van der Waals surface area contributed by atoms with Gasteiger partial charge in [0.15, 0.2) is 0 Å². The highest BCUT2D eigenvalue weighted by molar-refractivity contribution is 6.03. The van der Waals surface area contributed by atoms with Crippen LogP contribution in [0, 0.1) is 0 Å². The van der Waals surface area contributed by atoms with Crippen LogP contribution in [0.5, 0.6) is 0 Å². The molecule has 1 saturated heterocycles. The van der Waals surface area contributed by atoms with Gasteiger partial charge in [-0.25, -0.2) is 4.98 Å². The first-order valence-electron chi connectivity index (χ1n) is 8.13. The van der Waals surface area contributed by atoms with Crippen LogP contribution in [-0.4, -0.2) is 24.0 Å². The Morgan fingerprint density at radius 1 is 1.00 bits per heavy atom. The van der Waals surface area contributed by atoms with E-state index in [1.165, 1.54) is 6.42 Å². The van der Waals surface area contributed by atoms with Gasteiger partial charge in [-0.15, -0.1) is 0 Å². The van der Waals surface area contributed by atoms with Crippen molar-refractivity contribution in [1.82, 2.24) is 4.98 Å². The Kier molecular flexibility index (Phi) is 4.92. The third-order valence-electron chi connectivity index (χ3n) is 4.19. The summed E-state index contributed by atoms with van der Waals surface area (Å²) in [5.74, 6) is -0.127. The van der Waals surface area contributed by atoms with Gasteiger partial charge in [0.25, 0.3) is 5.91 Å². The van der Waals surface area contributed by atoms with E-state index < -0.39 is 17.6 Å². The number of carbonyl (C=O) groups excluding carboxylic acids is 1. The number of pyridine rings is 1. The zero-order valence-corrected chi connectivity index (χ0v) is 13.5. The van der Waals surface area contributed by atoms with Crippen molar-refractivity contribution in [1.29, 1.82) is 0 Å². The summed E-state index contributed by atoms with van der Waals surface area (Å²) >= 11 is 0. The number of hydrogen-bond donors (Lipinski definition) is 1. The Hall–Kier alpha value is -2.57. The molecule has 1 aromatic heterocycles. The third-order valence-corrected chi connectivity index (χ3v) is 4.19. The minimum absolute atomic E-state index is 0.148. The van der Waals surface area contributed by atoms with Crippen LogP contribution in [0.25, 0.3) is 0 Å². The van der Waals surface area contributed by atoms with Crippen molar-refractivity contribution in [2.45, 2.75) is 25.4 Å². The fraction of sp³-hybridized carbons (Fsp3) is 0.333. The van der Waals surface area contributed by atoms with Crippen LogP contribution in [0.2, 0.25) is 0 Å². The van der Waals surface area contributed by atoms with E-state index in [2.05, 4.69) is 15.2 Å². The van der Waals surface area contributed by atoms with Crippen LogP contribution >= 0.6 is 0 Å². The molecule has 2 aromatic rings. The van der Waals surface area contributed by atoms with E-state index >= 15 is 0 Å². The zero-order valence-electron chi connectivity index (χ0n) is 13.5.